The molecule has 7 nitrogen and oxygen atoms in total. The maximum Gasteiger partial charge on any atom is 0.234 e. The molecule has 9 heteroatoms. The third-order valence-electron chi connectivity index (χ3n) is 1.59. The Labute approximate surface area is 96.9 Å². The van der Waals surface area contributed by atoms with Crippen molar-refractivity contribution in [2.24, 2.45) is 0 Å². The van der Waals surface area contributed by atoms with Crippen LogP contribution in [0, 0.1) is 0 Å². The predicted octanol–water partition coefficient (Wildman–Crippen LogP) is -0.677. The van der Waals surface area contributed by atoms with Gasteiger partial charge in [-0.3, -0.25) is 9.69 Å². The first-order valence-electron chi connectivity index (χ1n) is 4.75. The van der Waals surface area contributed by atoms with Gasteiger partial charge in [-0.1, -0.05) is 6.92 Å². The summed E-state index contributed by atoms with van der Waals surface area (Å²) in [7, 11) is -4.36. The van der Waals surface area contributed by atoms with E-state index in [1.165, 1.54) is 4.90 Å². The smallest absolute Gasteiger partial charge is 0.234 e. The monoisotopic (exact) mass is 272 g/mol. The third-order valence-corrected chi connectivity index (χ3v) is 2.90. The Morgan fingerprint density at radius 1 is 1.19 bits per heavy atom. The number of nitrogens with zero attached hydrogens (tertiary/aromatic N) is 1. The molecule has 0 aliphatic heterocycles. The quantitative estimate of drug-likeness (QED) is 0.374. The van der Waals surface area contributed by atoms with Gasteiger partial charge < -0.3 is 24.9 Å². The second kappa shape index (κ2) is 9.19. The highest BCUT2D eigenvalue weighted by molar-refractivity contribution is 7.46. The van der Waals surface area contributed by atoms with Gasteiger partial charge in [0.25, 0.3) is 0 Å². The maximum atomic E-state index is 11.3. The van der Waals surface area contributed by atoms with E-state index < -0.39 is 16.8 Å². The zero-order valence-electron chi connectivity index (χ0n) is 9.07. The van der Waals surface area contributed by atoms with Crippen molar-refractivity contribution >= 4 is 22.7 Å². The lowest BCUT2D eigenvalue weighted by Crippen LogP contribution is -2.37. The Morgan fingerprint density at radius 3 is 2.06 bits per heavy atom. The molecule has 96 valence electrons. The van der Waals surface area contributed by atoms with Crippen LogP contribution in [0.15, 0.2) is 0 Å². The Bertz CT molecular complexity index is 195. The van der Waals surface area contributed by atoms with Gasteiger partial charge >= 0.3 is 0 Å². The molecule has 0 radical (unpaired) electrons. The highest BCUT2D eigenvalue weighted by Crippen LogP contribution is 2.29. The molecule has 0 fully saturated rings. The molecule has 0 aliphatic rings. The first-order valence-corrected chi connectivity index (χ1v) is 7.61. The summed E-state index contributed by atoms with van der Waals surface area (Å²) in [6.45, 7) is 2.39. The molecule has 0 bridgehead atoms. The van der Waals surface area contributed by atoms with Gasteiger partial charge in [0.2, 0.25) is 5.91 Å². The van der Waals surface area contributed by atoms with E-state index in [4.69, 9.17) is 19.6 Å². The molecule has 0 heterocycles. The number of hydrogen-bond donors (Lipinski definition) is 5. The van der Waals surface area contributed by atoms with Gasteiger partial charge in [0.15, 0.2) is 16.8 Å². The third kappa shape index (κ3) is 9.36. The second-order valence-corrected chi connectivity index (χ2v) is 5.26. The summed E-state index contributed by atoms with van der Waals surface area (Å²) in [6.07, 6.45) is 0.550. The SMILES string of the molecule is CCCNC(=O)CN(CP(O)O)CP(O)O. The minimum Gasteiger partial charge on any atom is -0.355 e. The van der Waals surface area contributed by atoms with Crippen LogP contribution in [0.2, 0.25) is 0 Å². The van der Waals surface area contributed by atoms with Crippen LogP contribution in [0.5, 0.6) is 0 Å². The van der Waals surface area contributed by atoms with Crippen molar-refractivity contribution in [3.8, 4) is 0 Å². The molecule has 0 aromatic carbocycles. The van der Waals surface area contributed by atoms with Crippen molar-refractivity contribution in [1.82, 2.24) is 10.2 Å². The van der Waals surface area contributed by atoms with Crippen molar-refractivity contribution < 1.29 is 24.4 Å². The average Bonchev–Trinajstić information content (AvgIpc) is 2.12. The molecule has 0 spiro atoms. The standard InChI is InChI=1S/C7H18N2O5P2/c1-2-3-8-7(10)4-9(5-15(11)12)6-16(13)14/h11-14H,2-6H2,1H3,(H,8,10). The second-order valence-electron chi connectivity index (χ2n) is 3.21. The summed E-state index contributed by atoms with van der Waals surface area (Å²) in [6, 6.07) is 0. The summed E-state index contributed by atoms with van der Waals surface area (Å²) >= 11 is 0. The van der Waals surface area contributed by atoms with Crippen LogP contribution in [-0.4, -0.2) is 56.0 Å². The molecular weight excluding hydrogens is 254 g/mol. The normalized spacial score (nSPS) is 11.5. The molecule has 0 unspecified atom stereocenters. The summed E-state index contributed by atoms with van der Waals surface area (Å²) in [5.74, 6) is -0.268. The van der Waals surface area contributed by atoms with Gasteiger partial charge in [0.1, 0.15) is 0 Å². The summed E-state index contributed by atoms with van der Waals surface area (Å²) in [5.41, 5.74) is 0. The lowest BCUT2D eigenvalue weighted by molar-refractivity contribution is -0.121. The van der Waals surface area contributed by atoms with Gasteiger partial charge in [0, 0.05) is 6.54 Å². The molecular formula is C7H18N2O5P2. The van der Waals surface area contributed by atoms with Crippen LogP contribution in [-0.2, 0) is 4.79 Å². The summed E-state index contributed by atoms with van der Waals surface area (Å²) in [5, 5.41) is 2.62. The Balaban J connectivity index is 4.03. The number of carbonyl (C=O) groups is 1. The topological polar surface area (TPSA) is 113 Å². The van der Waals surface area contributed by atoms with Crippen LogP contribution in [0.1, 0.15) is 13.3 Å². The fourth-order valence-electron chi connectivity index (χ4n) is 1.03. The lowest BCUT2D eigenvalue weighted by atomic mass is 10.4. The van der Waals surface area contributed by atoms with E-state index in [1.807, 2.05) is 6.92 Å². The van der Waals surface area contributed by atoms with E-state index in [2.05, 4.69) is 5.32 Å². The van der Waals surface area contributed by atoms with Crippen molar-refractivity contribution in [2.75, 3.05) is 25.7 Å². The minimum absolute atomic E-state index is 0.0695. The van der Waals surface area contributed by atoms with Crippen molar-refractivity contribution in [3.63, 3.8) is 0 Å². The molecule has 0 rings (SSSR count). The van der Waals surface area contributed by atoms with Gasteiger partial charge in [-0.15, -0.1) is 0 Å². The minimum atomic E-state index is -2.18. The van der Waals surface area contributed by atoms with Crippen LogP contribution in [0.4, 0.5) is 0 Å². The number of rotatable bonds is 8. The Hall–Kier alpha value is 0.130. The van der Waals surface area contributed by atoms with Crippen molar-refractivity contribution in [1.29, 1.82) is 0 Å². The molecule has 0 aromatic heterocycles. The zero-order chi connectivity index (χ0) is 12.6. The van der Waals surface area contributed by atoms with Crippen LogP contribution in [0.25, 0.3) is 0 Å². The molecule has 0 saturated carbocycles. The molecule has 16 heavy (non-hydrogen) atoms. The van der Waals surface area contributed by atoms with Gasteiger partial charge in [-0.2, -0.15) is 0 Å². The van der Waals surface area contributed by atoms with Gasteiger partial charge in [0.05, 0.1) is 19.1 Å². The molecule has 1 amide bonds. The average molecular weight is 272 g/mol. The molecule has 0 aromatic rings. The van der Waals surface area contributed by atoms with Crippen LogP contribution in [0.3, 0.4) is 0 Å². The number of hydrogen-bond acceptors (Lipinski definition) is 6. The highest BCUT2D eigenvalue weighted by Gasteiger charge is 2.16. The first kappa shape index (κ1) is 16.1. The van der Waals surface area contributed by atoms with E-state index in [0.717, 1.165) is 6.42 Å². The Kier molecular flexibility index (Phi) is 9.26. The van der Waals surface area contributed by atoms with E-state index >= 15 is 0 Å². The maximum absolute atomic E-state index is 11.3. The van der Waals surface area contributed by atoms with Crippen molar-refractivity contribution in [3.05, 3.63) is 0 Å². The summed E-state index contributed by atoms with van der Waals surface area (Å²) < 4.78 is 0. The van der Waals surface area contributed by atoms with E-state index in [1.54, 1.807) is 0 Å². The van der Waals surface area contributed by atoms with E-state index in [-0.39, 0.29) is 25.0 Å². The van der Waals surface area contributed by atoms with Crippen LogP contribution >= 0.6 is 16.8 Å². The molecule has 0 saturated heterocycles. The van der Waals surface area contributed by atoms with Crippen molar-refractivity contribution in [2.45, 2.75) is 13.3 Å². The zero-order valence-corrected chi connectivity index (χ0v) is 10.9. The lowest BCUT2D eigenvalue weighted by Gasteiger charge is -2.22. The van der Waals surface area contributed by atoms with Gasteiger partial charge in [-0.05, 0) is 6.42 Å². The number of carbonyl (C=O) groups excluding carboxylic acids is 1. The largest absolute Gasteiger partial charge is 0.355 e. The number of amides is 1. The van der Waals surface area contributed by atoms with E-state index in [9.17, 15) is 4.79 Å². The summed E-state index contributed by atoms with van der Waals surface area (Å²) in [4.78, 5) is 47.9. The fraction of sp³-hybridized carbons (Fsp3) is 0.857. The van der Waals surface area contributed by atoms with Gasteiger partial charge in [-0.25, -0.2) is 0 Å². The Morgan fingerprint density at radius 2 is 1.69 bits per heavy atom. The molecule has 0 atom stereocenters. The molecule has 0 aliphatic carbocycles. The van der Waals surface area contributed by atoms with E-state index in [0.29, 0.717) is 6.54 Å². The highest BCUT2D eigenvalue weighted by atomic mass is 31.2. The number of nitrogens with one attached hydrogen (secondary N) is 1. The molecule has 5 N–H and O–H groups in total. The fourth-order valence-corrected chi connectivity index (χ4v) is 2.30. The van der Waals surface area contributed by atoms with Crippen LogP contribution < -0.4 is 5.32 Å². The predicted molar refractivity (Wildman–Crippen MR) is 62.5 cm³/mol. The first-order chi connectivity index (χ1) is 7.45.